The monoisotopic (exact) mass is 399 g/mol. The minimum atomic E-state index is -0.257. The summed E-state index contributed by atoms with van der Waals surface area (Å²) >= 11 is 0. The third-order valence-corrected chi connectivity index (χ3v) is 4.82. The smallest absolute Gasteiger partial charge is 0.257 e. The lowest BCUT2D eigenvalue weighted by Crippen LogP contribution is -2.36. The van der Waals surface area contributed by atoms with Crippen LogP contribution in [-0.4, -0.2) is 37.2 Å². The molecule has 0 bridgehead atoms. The van der Waals surface area contributed by atoms with Crippen molar-refractivity contribution in [3.63, 3.8) is 0 Å². The number of nitriles is 1. The van der Waals surface area contributed by atoms with Gasteiger partial charge in [-0.1, -0.05) is 12.1 Å². The van der Waals surface area contributed by atoms with E-state index in [1.165, 1.54) is 0 Å². The zero-order chi connectivity index (χ0) is 20.8. The molecule has 1 saturated heterocycles. The number of aromatic nitrogens is 1. The van der Waals surface area contributed by atoms with Crippen molar-refractivity contribution < 1.29 is 9.53 Å². The molecule has 2 heterocycles. The molecule has 2 N–H and O–H groups in total. The highest BCUT2D eigenvalue weighted by molar-refractivity contribution is 6.04. The van der Waals surface area contributed by atoms with Crippen molar-refractivity contribution in [2.45, 2.75) is 0 Å². The third kappa shape index (κ3) is 4.57. The average molecular weight is 399 g/mol. The summed E-state index contributed by atoms with van der Waals surface area (Å²) in [5, 5.41) is 15.0. The molecule has 1 aromatic heterocycles. The van der Waals surface area contributed by atoms with Gasteiger partial charge in [0, 0.05) is 25.0 Å². The molecule has 4 rings (SSSR count). The van der Waals surface area contributed by atoms with Gasteiger partial charge >= 0.3 is 0 Å². The first-order valence-corrected chi connectivity index (χ1v) is 9.69. The van der Waals surface area contributed by atoms with Crippen molar-refractivity contribution in [1.29, 1.82) is 5.26 Å². The van der Waals surface area contributed by atoms with Crippen molar-refractivity contribution in [2.75, 3.05) is 41.8 Å². The van der Waals surface area contributed by atoms with Gasteiger partial charge in [-0.15, -0.1) is 0 Å². The Kier molecular flexibility index (Phi) is 5.88. The summed E-state index contributed by atoms with van der Waals surface area (Å²) in [5.41, 5.74) is 3.68. The number of carbonyl (C=O) groups excluding carboxylic acids is 1. The summed E-state index contributed by atoms with van der Waals surface area (Å²) in [4.78, 5) is 19.1. The highest BCUT2D eigenvalue weighted by Gasteiger charge is 2.15. The Morgan fingerprint density at radius 1 is 1.03 bits per heavy atom. The fourth-order valence-electron chi connectivity index (χ4n) is 3.23. The Labute approximate surface area is 174 Å². The predicted molar refractivity (Wildman–Crippen MR) is 116 cm³/mol. The maximum Gasteiger partial charge on any atom is 0.257 e. The van der Waals surface area contributed by atoms with E-state index in [1.807, 2.05) is 18.2 Å². The van der Waals surface area contributed by atoms with Crippen LogP contribution in [0, 0.1) is 11.3 Å². The van der Waals surface area contributed by atoms with Crippen LogP contribution in [0.25, 0.3) is 0 Å². The number of hydrogen-bond donors (Lipinski definition) is 2. The summed E-state index contributed by atoms with van der Waals surface area (Å²) in [7, 11) is 0. The third-order valence-electron chi connectivity index (χ3n) is 4.82. The quantitative estimate of drug-likeness (QED) is 0.678. The van der Waals surface area contributed by atoms with Crippen LogP contribution in [0.3, 0.4) is 0 Å². The maximum atomic E-state index is 12.4. The number of benzene rings is 2. The number of anilines is 4. The number of para-hydroxylation sites is 2. The van der Waals surface area contributed by atoms with Gasteiger partial charge in [-0.3, -0.25) is 4.79 Å². The number of morpholine rings is 1. The number of carbonyl (C=O) groups is 1. The van der Waals surface area contributed by atoms with Gasteiger partial charge < -0.3 is 20.3 Å². The van der Waals surface area contributed by atoms with E-state index in [2.05, 4.69) is 32.7 Å². The molecule has 1 aliphatic rings. The van der Waals surface area contributed by atoms with E-state index in [1.54, 1.807) is 42.6 Å². The highest BCUT2D eigenvalue weighted by atomic mass is 16.5. The van der Waals surface area contributed by atoms with E-state index in [9.17, 15) is 4.79 Å². The highest BCUT2D eigenvalue weighted by Crippen LogP contribution is 2.28. The summed E-state index contributed by atoms with van der Waals surface area (Å²) in [6.45, 7) is 3.13. The van der Waals surface area contributed by atoms with Crippen LogP contribution in [0.5, 0.6) is 0 Å². The van der Waals surface area contributed by atoms with Gasteiger partial charge in [0.1, 0.15) is 5.82 Å². The number of hydrogen-bond acceptors (Lipinski definition) is 6. The molecule has 30 heavy (non-hydrogen) atoms. The second-order valence-electron chi connectivity index (χ2n) is 6.82. The van der Waals surface area contributed by atoms with Crippen LogP contribution < -0.4 is 15.5 Å². The van der Waals surface area contributed by atoms with Crippen LogP contribution in [-0.2, 0) is 4.74 Å². The summed E-state index contributed by atoms with van der Waals surface area (Å²) in [6, 6.07) is 20.4. The zero-order valence-corrected chi connectivity index (χ0v) is 16.3. The number of nitrogens with one attached hydrogen (secondary N) is 2. The van der Waals surface area contributed by atoms with Gasteiger partial charge in [0.05, 0.1) is 41.8 Å². The molecule has 0 spiro atoms. The minimum absolute atomic E-state index is 0.257. The fraction of sp³-hybridized carbons (Fsp3) is 0.174. The summed E-state index contributed by atoms with van der Waals surface area (Å²) in [5.74, 6) is 0.401. The molecule has 1 amide bonds. The molecule has 0 aliphatic carbocycles. The van der Waals surface area contributed by atoms with E-state index < -0.39 is 0 Å². The molecular formula is C23H21N5O2. The minimum Gasteiger partial charge on any atom is -0.378 e. The lowest BCUT2D eigenvalue weighted by atomic mass is 10.2. The Balaban J connectivity index is 1.44. The predicted octanol–water partition coefficient (Wildman–Crippen LogP) is 3.79. The molecule has 0 unspecified atom stereocenters. The topological polar surface area (TPSA) is 90.3 Å². The molecule has 7 heteroatoms. The van der Waals surface area contributed by atoms with Crippen LogP contribution in [0.2, 0.25) is 0 Å². The second kappa shape index (κ2) is 9.07. The summed E-state index contributed by atoms with van der Waals surface area (Å²) in [6.07, 6.45) is 1.54. The first kappa shape index (κ1) is 19.4. The Hall–Kier alpha value is -3.89. The van der Waals surface area contributed by atoms with Crippen molar-refractivity contribution in [2.24, 2.45) is 0 Å². The number of ether oxygens (including phenoxy) is 1. The van der Waals surface area contributed by atoms with Gasteiger partial charge in [-0.2, -0.15) is 5.26 Å². The Morgan fingerprint density at radius 3 is 2.50 bits per heavy atom. The molecule has 1 fully saturated rings. The van der Waals surface area contributed by atoms with E-state index in [4.69, 9.17) is 10.00 Å². The lowest BCUT2D eigenvalue weighted by molar-refractivity contribution is 0.102. The van der Waals surface area contributed by atoms with E-state index >= 15 is 0 Å². The van der Waals surface area contributed by atoms with Gasteiger partial charge in [0.15, 0.2) is 0 Å². The summed E-state index contributed by atoms with van der Waals surface area (Å²) < 4.78 is 5.44. The van der Waals surface area contributed by atoms with E-state index in [0.717, 1.165) is 37.7 Å². The van der Waals surface area contributed by atoms with Crippen LogP contribution in [0.15, 0.2) is 66.9 Å². The van der Waals surface area contributed by atoms with E-state index in [0.29, 0.717) is 22.6 Å². The van der Waals surface area contributed by atoms with Gasteiger partial charge in [0.25, 0.3) is 5.91 Å². The Morgan fingerprint density at radius 2 is 1.80 bits per heavy atom. The fourth-order valence-corrected chi connectivity index (χ4v) is 3.23. The number of nitrogens with zero attached hydrogens (tertiary/aromatic N) is 3. The molecule has 2 aromatic carbocycles. The van der Waals surface area contributed by atoms with Gasteiger partial charge in [0.2, 0.25) is 0 Å². The molecule has 0 atom stereocenters. The first-order chi connectivity index (χ1) is 14.7. The first-order valence-electron chi connectivity index (χ1n) is 9.69. The molecule has 3 aromatic rings. The molecule has 150 valence electrons. The number of pyridine rings is 1. The molecule has 1 aliphatic heterocycles. The SMILES string of the molecule is N#Cc1ccc(NC(=O)c2ccc(Nc3ccccc3N3CCOCC3)nc2)cc1. The number of amides is 1. The second-order valence-corrected chi connectivity index (χ2v) is 6.82. The average Bonchev–Trinajstić information content (AvgIpc) is 2.81. The normalized spacial score (nSPS) is 13.4. The zero-order valence-electron chi connectivity index (χ0n) is 16.3. The standard InChI is InChI=1S/C23H21N5O2/c24-15-17-5-8-19(9-6-17)26-23(29)18-7-10-22(25-16-18)27-20-3-1-2-4-21(20)28-11-13-30-14-12-28/h1-10,16H,11-14H2,(H,25,27)(H,26,29). The van der Waals surface area contributed by atoms with Gasteiger partial charge in [-0.05, 0) is 48.5 Å². The van der Waals surface area contributed by atoms with Crippen molar-refractivity contribution >= 4 is 28.8 Å². The van der Waals surface area contributed by atoms with Crippen molar-refractivity contribution in [3.05, 3.63) is 78.0 Å². The van der Waals surface area contributed by atoms with Crippen molar-refractivity contribution in [1.82, 2.24) is 4.98 Å². The van der Waals surface area contributed by atoms with Crippen LogP contribution >= 0.6 is 0 Å². The molecular weight excluding hydrogens is 378 g/mol. The van der Waals surface area contributed by atoms with Gasteiger partial charge in [-0.25, -0.2) is 4.98 Å². The van der Waals surface area contributed by atoms with Crippen LogP contribution in [0.1, 0.15) is 15.9 Å². The molecule has 0 saturated carbocycles. The largest absolute Gasteiger partial charge is 0.378 e. The van der Waals surface area contributed by atoms with Crippen LogP contribution in [0.4, 0.5) is 22.9 Å². The maximum absolute atomic E-state index is 12.4. The lowest BCUT2D eigenvalue weighted by Gasteiger charge is -2.30. The Bertz CT molecular complexity index is 1050. The molecule has 0 radical (unpaired) electrons. The molecule has 7 nitrogen and oxygen atoms in total. The van der Waals surface area contributed by atoms with Crippen molar-refractivity contribution in [3.8, 4) is 6.07 Å². The number of rotatable bonds is 5. The van der Waals surface area contributed by atoms with E-state index in [-0.39, 0.29) is 5.91 Å².